The molecule has 1 N–H and O–H groups in total. The zero-order chi connectivity index (χ0) is 16.2. The van der Waals surface area contributed by atoms with E-state index in [1.807, 2.05) is 49.4 Å². The number of halogens is 2. The predicted molar refractivity (Wildman–Crippen MR) is 98.1 cm³/mol. The van der Waals surface area contributed by atoms with Crippen LogP contribution in [0.25, 0.3) is 0 Å². The molecule has 0 aliphatic heterocycles. The highest BCUT2D eigenvalue weighted by Gasteiger charge is 2.03. The normalized spacial score (nSPS) is 13.5. The van der Waals surface area contributed by atoms with E-state index in [1.54, 1.807) is 0 Å². The van der Waals surface area contributed by atoms with Crippen molar-refractivity contribution in [2.75, 3.05) is 25.2 Å². The van der Waals surface area contributed by atoms with E-state index in [9.17, 15) is 5.11 Å². The molecule has 1 aromatic rings. The monoisotopic (exact) mass is 432 g/mol. The Kier molecular flexibility index (Phi) is 10.5. The number of ether oxygens (including phenoxy) is 2. The fraction of sp³-hybridized carbons (Fsp3) is 0.412. The SMILES string of the molecule is C/C=C(\C=CC(CO)OCCOc1ccc(CBr)cc1)CBr. The molecule has 1 atom stereocenters. The molecule has 0 heterocycles. The minimum Gasteiger partial charge on any atom is -0.491 e. The van der Waals surface area contributed by atoms with Gasteiger partial charge in [-0.05, 0) is 30.2 Å². The largest absolute Gasteiger partial charge is 0.491 e. The summed E-state index contributed by atoms with van der Waals surface area (Å²) in [4.78, 5) is 0. The first-order chi connectivity index (χ1) is 10.7. The summed E-state index contributed by atoms with van der Waals surface area (Å²) in [5, 5.41) is 10.9. The molecule has 0 bridgehead atoms. The highest BCUT2D eigenvalue weighted by atomic mass is 79.9. The van der Waals surface area contributed by atoms with Crippen LogP contribution >= 0.6 is 31.9 Å². The third kappa shape index (κ3) is 7.58. The molecule has 0 amide bonds. The summed E-state index contributed by atoms with van der Waals surface area (Å²) in [6.07, 6.45) is 5.52. The summed E-state index contributed by atoms with van der Waals surface area (Å²) >= 11 is 6.81. The Morgan fingerprint density at radius 3 is 2.50 bits per heavy atom. The standard InChI is InChI=1S/C17H22Br2O3/c1-2-14(11-18)3-8-17(13-20)22-10-9-21-16-6-4-15(12-19)5-7-16/h2-8,17,20H,9-13H2,1H3/b8-3?,14-2+. The fourth-order valence-corrected chi connectivity index (χ4v) is 2.54. The molecule has 0 aliphatic rings. The summed E-state index contributed by atoms with van der Waals surface area (Å²) in [6.45, 7) is 2.81. The lowest BCUT2D eigenvalue weighted by molar-refractivity contribution is 0.0270. The van der Waals surface area contributed by atoms with Crippen molar-refractivity contribution in [3.05, 3.63) is 53.6 Å². The first-order valence-electron chi connectivity index (χ1n) is 7.13. The van der Waals surface area contributed by atoms with Crippen LogP contribution in [0.2, 0.25) is 0 Å². The van der Waals surface area contributed by atoms with Crippen LogP contribution in [-0.4, -0.2) is 36.4 Å². The molecule has 0 radical (unpaired) electrons. The molecule has 122 valence electrons. The van der Waals surface area contributed by atoms with E-state index >= 15 is 0 Å². The van der Waals surface area contributed by atoms with Gasteiger partial charge in [0.2, 0.25) is 0 Å². The molecule has 0 spiro atoms. The average molecular weight is 434 g/mol. The summed E-state index contributed by atoms with van der Waals surface area (Å²) in [6, 6.07) is 7.91. The fourth-order valence-electron chi connectivity index (χ4n) is 1.65. The summed E-state index contributed by atoms with van der Waals surface area (Å²) in [7, 11) is 0. The van der Waals surface area contributed by atoms with Crippen LogP contribution in [0, 0.1) is 0 Å². The number of alkyl halides is 2. The van der Waals surface area contributed by atoms with Gasteiger partial charge >= 0.3 is 0 Å². The van der Waals surface area contributed by atoms with Gasteiger partial charge in [0.05, 0.1) is 19.3 Å². The van der Waals surface area contributed by atoms with E-state index < -0.39 is 0 Å². The maximum atomic E-state index is 9.31. The Labute approximate surface area is 149 Å². The molecule has 1 unspecified atom stereocenters. The van der Waals surface area contributed by atoms with Crippen LogP contribution in [0.4, 0.5) is 0 Å². The van der Waals surface area contributed by atoms with Crippen molar-refractivity contribution >= 4 is 31.9 Å². The van der Waals surface area contributed by atoms with E-state index in [0.29, 0.717) is 13.2 Å². The van der Waals surface area contributed by atoms with Gasteiger partial charge in [0.1, 0.15) is 12.4 Å². The zero-order valence-electron chi connectivity index (χ0n) is 12.7. The first kappa shape index (κ1) is 19.4. The highest BCUT2D eigenvalue weighted by Crippen LogP contribution is 2.14. The summed E-state index contributed by atoms with van der Waals surface area (Å²) in [5.41, 5.74) is 2.35. The van der Waals surface area contributed by atoms with Crippen LogP contribution in [0.1, 0.15) is 12.5 Å². The van der Waals surface area contributed by atoms with Crippen LogP contribution in [-0.2, 0) is 10.1 Å². The van der Waals surface area contributed by atoms with Crippen LogP contribution < -0.4 is 4.74 Å². The van der Waals surface area contributed by atoms with Gasteiger partial charge in [-0.15, -0.1) is 0 Å². The topological polar surface area (TPSA) is 38.7 Å². The third-order valence-corrected chi connectivity index (χ3v) is 4.29. The van der Waals surface area contributed by atoms with Gasteiger partial charge in [0, 0.05) is 10.7 Å². The van der Waals surface area contributed by atoms with E-state index in [4.69, 9.17) is 9.47 Å². The molecular formula is C17H22Br2O3. The van der Waals surface area contributed by atoms with Gasteiger partial charge < -0.3 is 14.6 Å². The van der Waals surface area contributed by atoms with E-state index in [-0.39, 0.29) is 12.7 Å². The van der Waals surface area contributed by atoms with Crippen molar-refractivity contribution in [1.82, 2.24) is 0 Å². The second kappa shape index (κ2) is 11.9. The van der Waals surface area contributed by atoms with Crippen molar-refractivity contribution in [1.29, 1.82) is 0 Å². The molecular weight excluding hydrogens is 412 g/mol. The molecule has 0 aromatic heterocycles. The molecule has 5 heteroatoms. The number of aliphatic hydroxyl groups excluding tert-OH is 1. The lowest BCUT2D eigenvalue weighted by Gasteiger charge is -2.12. The number of allylic oxidation sites excluding steroid dienone is 3. The number of rotatable bonds is 10. The first-order valence-corrected chi connectivity index (χ1v) is 9.37. The Hall–Kier alpha value is -0.620. The molecule has 1 rings (SSSR count). The van der Waals surface area contributed by atoms with Crippen LogP contribution in [0.3, 0.4) is 0 Å². The number of benzene rings is 1. The molecule has 0 aliphatic carbocycles. The zero-order valence-corrected chi connectivity index (χ0v) is 15.8. The van der Waals surface area contributed by atoms with Crippen LogP contribution in [0.15, 0.2) is 48.1 Å². The Morgan fingerprint density at radius 1 is 1.23 bits per heavy atom. The van der Waals surface area contributed by atoms with Gasteiger partial charge in [-0.25, -0.2) is 0 Å². The number of hydrogen-bond acceptors (Lipinski definition) is 3. The van der Waals surface area contributed by atoms with Gasteiger partial charge in [0.25, 0.3) is 0 Å². The molecule has 0 saturated heterocycles. The van der Waals surface area contributed by atoms with Crippen molar-refractivity contribution in [3.8, 4) is 5.75 Å². The Morgan fingerprint density at radius 2 is 1.95 bits per heavy atom. The van der Waals surface area contributed by atoms with E-state index in [2.05, 4.69) is 31.9 Å². The summed E-state index contributed by atoms with van der Waals surface area (Å²) in [5.74, 6) is 0.819. The lowest BCUT2D eigenvalue weighted by atomic mass is 10.2. The number of aliphatic hydroxyl groups is 1. The third-order valence-electron chi connectivity index (χ3n) is 2.99. The van der Waals surface area contributed by atoms with Crippen LogP contribution in [0.5, 0.6) is 5.75 Å². The van der Waals surface area contributed by atoms with Gasteiger partial charge in [-0.2, -0.15) is 0 Å². The van der Waals surface area contributed by atoms with Crippen molar-refractivity contribution in [3.63, 3.8) is 0 Å². The molecule has 3 nitrogen and oxygen atoms in total. The Balaban J connectivity index is 2.31. The Bertz CT molecular complexity index is 469. The van der Waals surface area contributed by atoms with Gasteiger partial charge in [-0.1, -0.05) is 62.2 Å². The maximum absolute atomic E-state index is 9.31. The number of hydrogen-bond donors (Lipinski definition) is 1. The maximum Gasteiger partial charge on any atom is 0.119 e. The molecule has 1 aromatic carbocycles. The second-order valence-electron chi connectivity index (χ2n) is 4.57. The smallest absolute Gasteiger partial charge is 0.119 e. The molecule has 0 fully saturated rings. The summed E-state index contributed by atoms with van der Waals surface area (Å²) < 4.78 is 11.2. The average Bonchev–Trinajstić information content (AvgIpc) is 2.58. The quantitative estimate of drug-likeness (QED) is 0.340. The predicted octanol–water partition coefficient (Wildman–Crippen LogP) is 4.24. The molecule has 22 heavy (non-hydrogen) atoms. The van der Waals surface area contributed by atoms with Crippen molar-refractivity contribution in [2.24, 2.45) is 0 Å². The van der Waals surface area contributed by atoms with Crippen molar-refractivity contribution in [2.45, 2.75) is 18.4 Å². The second-order valence-corrected chi connectivity index (χ2v) is 5.70. The van der Waals surface area contributed by atoms with E-state index in [0.717, 1.165) is 22.0 Å². The molecule has 0 saturated carbocycles. The van der Waals surface area contributed by atoms with Crippen molar-refractivity contribution < 1.29 is 14.6 Å². The van der Waals surface area contributed by atoms with Gasteiger partial charge in [-0.3, -0.25) is 0 Å². The highest BCUT2D eigenvalue weighted by molar-refractivity contribution is 9.09. The minimum atomic E-state index is -0.312. The van der Waals surface area contributed by atoms with E-state index in [1.165, 1.54) is 5.56 Å². The lowest BCUT2D eigenvalue weighted by Crippen LogP contribution is -2.18. The van der Waals surface area contributed by atoms with Gasteiger partial charge in [0.15, 0.2) is 0 Å². The minimum absolute atomic E-state index is 0.0459.